The Morgan fingerprint density at radius 1 is 0.351 bits per heavy atom. The van der Waals surface area contributed by atoms with Crippen LogP contribution in [0.25, 0.3) is 111 Å². The maximum atomic E-state index is 6.29. The lowest BCUT2D eigenvalue weighted by Gasteiger charge is -2.12. The molecule has 0 bridgehead atoms. The van der Waals surface area contributed by atoms with Crippen molar-refractivity contribution in [3.63, 3.8) is 0 Å². The zero-order valence-electron chi connectivity index (χ0n) is 30.5. The van der Waals surface area contributed by atoms with Gasteiger partial charge < -0.3 is 8.98 Å². The topological polar surface area (TPSA) is 61.7 Å². The number of fused-ring (bicyclic) bond motifs is 9. The Labute approximate surface area is 326 Å². The monoisotopic (exact) mass is 729 g/mol. The highest BCUT2D eigenvalue weighted by Gasteiger charge is 2.21. The molecule has 0 aliphatic carbocycles. The molecule has 0 unspecified atom stereocenters. The molecule has 0 amide bonds. The Balaban J connectivity index is 1.08. The van der Waals surface area contributed by atoms with Gasteiger partial charge in [0.15, 0.2) is 11.6 Å². The number of nitrogens with zero attached hydrogens (tertiary/aromatic N) is 5. The van der Waals surface area contributed by atoms with E-state index in [9.17, 15) is 0 Å². The van der Waals surface area contributed by atoms with Crippen molar-refractivity contribution in [1.82, 2.24) is 24.1 Å². The van der Waals surface area contributed by atoms with Crippen molar-refractivity contribution >= 4 is 65.6 Å². The van der Waals surface area contributed by atoms with Crippen LogP contribution in [0.15, 0.2) is 192 Å². The largest absolute Gasteiger partial charge is 0.456 e. The van der Waals surface area contributed by atoms with Crippen LogP contribution in [0.5, 0.6) is 0 Å². The Hall–Kier alpha value is -7.83. The van der Waals surface area contributed by atoms with Crippen LogP contribution in [0.3, 0.4) is 0 Å². The van der Waals surface area contributed by atoms with E-state index in [1.54, 1.807) is 0 Å². The van der Waals surface area contributed by atoms with Crippen molar-refractivity contribution in [1.29, 1.82) is 0 Å². The smallest absolute Gasteiger partial charge is 0.238 e. The number of hydrogen-bond donors (Lipinski definition) is 0. The summed E-state index contributed by atoms with van der Waals surface area (Å²) in [6, 6.07) is 65.7. The summed E-state index contributed by atoms with van der Waals surface area (Å²) in [6.07, 6.45) is 0. The molecule has 0 atom stereocenters. The van der Waals surface area contributed by atoms with E-state index in [0.717, 1.165) is 71.7 Å². The predicted octanol–water partition coefficient (Wildman–Crippen LogP) is 13.0. The zero-order chi connectivity index (χ0) is 37.5. The lowest BCUT2D eigenvalue weighted by Crippen LogP contribution is -2.06. The van der Waals surface area contributed by atoms with E-state index >= 15 is 0 Å². The normalized spacial score (nSPS) is 11.9. The second-order valence-electron chi connectivity index (χ2n) is 14.4. The Morgan fingerprint density at radius 3 is 1.77 bits per heavy atom. The number of para-hydroxylation sites is 4. The van der Waals surface area contributed by atoms with Crippen LogP contribution >= 0.6 is 0 Å². The maximum Gasteiger partial charge on any atom is 0.238 e. The average Bonchev–Trinajstić information content (AvgIpc) is 3.94. The molecule has 0 radical (unpaired) electrons. The molecule has 0 saturated heterocycles. The molecule has 12 rings (SSSR count). The molecular weight excluding hydrogens is 699 g/mol. The van der Waals surface area contributed by atoms with Gasteiger partial charge in [-0.15, -0.1) is 0 Å². The molecule has 6 heteroatoms. The molecule has 0 spiro atoms. The minimum absolute atomic E-state index is 0.552. The highest BCUT2D eigenvalue weighted by molar-refractivity contribution is 6.13. The van der Waals surface area contributed by atoms with Crippen molar-refractivity contribution < 1.29 is 4.42 Å². The highest BCUT2D eigenvalue weighted by atomic mass is 16.3. The van der Waals surface area contributed by atoms with Crippen LogP contribution in [0, 0.1) is 0 Å². The fourth-order valence-corrected chi connectivity index (χ4v) is 8.64. The molecule has 0 N–H and O–H groups in total. The van der Waals surface area contributed by atoms with Gasteiger partial charge in [-0.1, -0.05) is 133 Å². The number of rotatable bonds is 5. The summed E-state index contributed by atoms with van der Waals surface area (Å²) in [5.74, 6) is 1.74. The number of hydrogen-bond acceptors (Lipinski definition) is 4. The lowest BCUT2D eigenvalue weighted by molar-refractivity contribution is 0.669. The zero-order valence-corrected chi connectivity index (χ0v) is 30.5. The van der Waals surface area contributed by atoms with E-state index in [4.69, 9.17) is 19.4 Å². The summed E-state index contributed by atoms with van der Waals surface area (Å²) in [6.45, 7) is 0. The van der Waals surface area contributed by atoms with E-state index in [0.29, 0.717) is 17.6 Å². The van der Waals surface area contributed by atoms with E-state index < -0.39 is 0 Å². The summed E-state index contributed by atoms with van der Waals surface area (Å²) >= 11 is 0. The molecule has 4 heterocycles. The summed E-state index contributed by atoms with van der Waals surface area (Å²) in [7, 11) is 0. The fourth-order valence-electron chi connectivity index (χ4n) is 8.64. The second kappa shape index (κ2) is 12.3. The summed E-state index contributed by atoms with van der Waals surface area (Å²) < 4.78 is 10.8. The first-order chi connectivity index (χ1) is 28.3. The Bertz CT molecular complexity index is 3520. The van der Waals surface area contributed by atoms with Crippen molar-refractivity contribution in [2.45, 2.75) is 0 Å². The van der Waals surface area contributed by atoms with Crippen LogP contribution < -0.4 is 0 Å². The third-order valence-corrected chi connectivity index (χ3v) is 11.2. The minimum Gasteiger partial charge on any atom is -0.456 e. The van der Waals surface area contributed by atoms with Crippen LogP contribution in [0.1, 0.15) is 0 Å². The minimum atomic E-state index is 0.552. The van der Waals surface area contributed by atoms with Crippen LogP contribution in [-0.2, 0) is 0 Å². The van der Waals surface area contributed by atoms with Crippen molar-refractivity contribution in [2.75, 3.05) is 0 Å². The third-order valence-electron chi connectivity index (χ3n) is 11.2. The molecule has 266 valence electrons. The first kappa shape index (κ1) is 31.5. The van der Waals surface area contributed by atoms with Gasteiger partial charge in [0.25, 0.3) is 0 Å². The van der Waals surface area contributed by atoms with Gasteiger partial charge >= 0.3 is 0 Å². The number of furan rings is 1. The van der Waals surface area contributed by atoms with Crippen molar-refractivity contribution in [3.05, 3.63) is 188 Å². The standard InChI is InChI=1S/C51H31N5O/c1-3-14-32(15-4-1)49-52-50(40-21-13-25-47-48(40)39-20-9-12-24-46(39)57-47)54-51(53-49)56-43-23-11-8-19-37(43)41-30-33(27-29-44(41)56)34-26-28-38-36-18-7-10-22-42(36)55(45(38)31-34)35-16-5-2-6-17-35/h1-31H. The second-order valence-corrected chi connectivity index (χ2v) is 14.4. The average molecular weight is 730 g/mol. The van der Waals surface area contributed by atoms with Gasteiger partial charge in [0.05, 0.1) is 22.1 Å². The molecule has 0 fully saturated rings. The van der Waals surface area contributed by atoms with Gasteiger partial charge in [-0.3, -0.25) is 4.57 Å². The molecule has 4 aromatic heterocycles. The van der Waals surface area contributed by atoms with E-state index in [1.807, 2.05) is 60.7 Å². The molecule has 6 nitrogen and oxygen atoms in total. The molecule has 0 aliphatic heterocycles. The molecule has 12 aromatic rings. The first-order valence-electron chi connectivity index (χ1n) is 19.1. The quantitative estimate of drug-likeness (QED) is 0.177. The summed E-state index contributed by atoms with van der Waals surface area (Å²) in [4.78, 5) is 15.6. The van der Waals surface area contributed by atoms with Gasteiger partial charge in [-0.25, -0.2) is 4.98 Å². The Morgan fingerprint density at radius 2 is 0.947 bits per heavy atom. The van der Waals surface area contributed by atoms with Gasteiger partial charge in [0.1, 0.15) is 11.2 Å². The summed E-state index contributed by atoms with van der Waals surface area (Å²) in [5.41, 5.74) is 11.3. The fraction of sp³-hybridized carbons (Fsp3) is 0. The predicted molar refractivity (Wildman–Crippen MR) is 232 cm³/mol. The van der Waals surface area contributed by atoms with Crippen molar-refractivity contribution in [2.24, 2.45) is 0 Å². The van der Waals surface area contributed by atoms with Gasteiger partial charge in [0, 0.05) is 49.1 Å². The van der Waals surface area contributed by atoms with Gasteiger partial charge in [-0.05, 0) is 65.7 Å². The molecule has 57 heavy (non-hydrogen) atoms. The molecule has 0 saturated carbocycles. The summed E-state index contributed by atoms with van der Waals surface area (Å²) in [5, 5.41) is 6.73. The number of benzene rings is 8. The number of aromatic nitrogens is 5. The Kier molecular flexibility index (Phi) is 6.83. The van der Waals surface area contributed by atoms with Crippen LogP contribution in [0.4, 0.5) is 0 Å². The van der Waals surface area contributed by atoms with Crippen LogP contribution in [-0.4, -0.2) is 24.1 Å². The van der Waals surface area contributed by atoms with E-state index in [2.05, 4.69) is 137 Å². The third kappa shape index (κ3) is 4.87. The van der Waals surface area contributed by atoms with E-state index in [1.165, 1.54) is 21.8 Å². The van der Waals surface area contributed by atoms with Gasteiger partial charge in [-0.2, -0.15) is 9.97 Å². The van der Waals surface area contributed by atoms with Crippen LogP contribution in [0.2, 0.25) is 0 Å². The molecule has 0 aliphatic rings. The van der Waals surface area contributed by atoms with E-state index in [-0.39, 0.29) is 0 Å². The maximum absolute atomic E-state index is 6.29. The highest BCUT2D eigenvalue weighted by Crippen LogP contribution is 2.40. The lowest BCUT2D eigenvalue weighted by atomic mass is 10.0. The van der Waals surface area contributed by atoms with Crippen molar-refractivity contribution in [3.8, 4) is 45.5 Å². The molecular formula is C51H31N5O. The first-order valence-corrected chi connectivity index (χ1v) is 19.1. The molecule has 8 aromatic carbocycles. The SMILES string of the molecule is c1ccc(-c2nc(-c3cccc4oc5ccccc5c34)nc(-n3c4ccccc4c4cc(-c5ccc6c7ccccc7n(-c7ccccc7)c6c5)ccc43)n2)cc1. The van der Waals surface area contributed by atoms with Gasteiger partial charge in [0.2, 0.25) is 5.95 Å².